The molecule has 0 saturated carbocycles. The zero-order chi connectivity index (χ0) is 18.6. The number of alkyl halides is 6. The summed E-state index contributed by atoms with van der Waals surface area (Å²) in [6.07, 6.45) is -15.2. The Hall–Kier alpha value is -2.26. The molecule has 0 N–H and O–H groups in total. The highest BCUT2D eigenvalue weighted by Gasteiger charge is 2.76. The summed E-state index contributed by atoms with van der Waals surface area (Å²) in [5, 5.41) is 0. The molecule has 10 heteroatoms. The number of rotatable bonds is 5. The number of hydrogen-bond acceptors (Lipinski definition) is 4. The standard InChI is InChI=1S/C14H12F6O4/c1-23-11(22)12(13(15,16)17,14(18,19)20)8-7-10(21)24-9-5-3-2-4-6-9/h2-6H,7-8H2,1H3. The quantitative estimate of drug-likeness (QED) is 0.458. The van der Waals surface area contributed by atoms with Gasteiger partial charge in [-0.25, -0.2) is 0 Å². The number of esters is 2. The van der Waals surface area contributed by atoms with Crippen molar-refractivity contribution in [3.63, 3.8) is 0 Å². The molecule has 0 aromatic heterocycles. The van der Waals surface area contributed by atoms with Crippen molar-refractivity contribution in [3.05, 3.63) is 30.3 Å². The maximum Gasteiger partial charge on any atom is 0.413 e. The van der Waals surface area contributed by atoms with Gasteiger partial charge in [-0.15, -0.1) is 0 Å². The third-order valence-electron chi connectivity index (χ3n) is 3.18. The molecule has 1 aromatic rings. The molecule has 4 nitrogen and oxygen atoms in total. The summed E-state index contributed by atoms with van der Waals surface area (Å²) in [5.41, 5.74) is -4.80. The Morgan fingerprint density at radius 1 is 0.958 bits per heavy atom. The number of carbonyl (C=O) groups excluding carboxylic acids is 2. The van der Waals surface area contributed by atoms with Gasteiger partial charge in [0.2, 0.25) is 0 Å². The van der Waals surface area contributed by atoms with Gasteiger partial charge in [0, 0.05) is 6.42 Å². The highest BCUT2D eigenvalue weighted by molar-refractivity contribution is 5.80. The Balaban J connectivity index is 3.01. The molecule has 0 aliphatic rings. The van der Waals surface area contributed by atoms with Crippen LogP contribution in [0.4, 0.5) is 26.3 Å². The Labute approximate surface area is 132 Å². The van der Waals surface area contributed by atoms with Crippen molar-refractivity contribution in [3.8, 4) is 5.75 Å². The molecule has 0 aliphatic carbocycles. The van der Waals surface area contributed by atoms with Crippen LogP contribution in [-0.4, -0.2) is 31.4 Å². The number of hydrogen-bond donors (Lipinski definition) is 0. The van der Waals surface area contributed by atoms with Crippen molar-refractivity contribution in [2.75, 3.05) is 7.11 Å². The van der Waals surface area contributed by atoms with Crippen molar-refractivity contribution in [1.82, 2.24) is 0 Å². The predicted octanol–water partition coefficient (Wildman–Crippen LogP) is 3.66. The van der Waals surface area contributed by atoms with Crippen LogP contribution in [0.2, 0.25) is 0 Å². The molecule has 0 unspecified atom stereocenters. The summed E-state index contributed by atoms with van der Waals surface area (Å²) in [7, 11) is 0.400. The second kappa shape index (κ2) is 7.10. The van der Waals surface area contributed by atoms with E-state index in [4.69, 9.17) is 0 Å². The Kier molecular flexibility index (Phi) is 5.85. The summed E-state index contributed by atoms with van der Waals surface area (Å²) in [5.74, 6) is -3.93. The Morgan fingerprint density at radius 2 is 1.46 bits per heavy atom. The number of benzene rings is 1. The van der Waals surface area contributed by atoms with Crippen LogP contribution in [0.3, 0.4) is 0 Å². The van der Waals surface area contributed by atoms with E-state index >= 15 is 0 Å². The van der Waals surface area contributed by atoms with Gasteiger partial charge in [-0.05, 0) is 18.6 Å². The third-order valence-corrected chi connectivity index (χ3v) is 3.18. The van der Waals surface area contributed by atoms with E-state index in [0.29, 0.717) is 7.11 Å². The van der Waals surface area contributed by atoms with Gasteiger partial charge in [0.25, 0.3) is 5.41 Å². The molecule has 1 rings (SSSR count). The lowest BCUT2D eigenvalue weighted by Gasteiger charge is -2.34. The molecular formula is C14H12F6O4. The van der Waals surface area contributed by atoms with E-state index in [1.807, 2.05) is 0 Å². The number of ether oxygens (including phenoxy) is 2. The van der Waals surface area contributed by atoms with Crippen molar-refractivity contribution in [2.24, 2.45) is 5.41 Å². The fourth-order valence-electron chi connectivity index (χ4n) is 1.91. The second-order valence-corrected chi connectivity index (χ2v) is 4.68. The van der Waals surface area contributed by atoms with Crippen LogP contribution in [-0.2, 0) is 14.3 Å². The van der Waals surface area contributed by atoms with Crippen LogP contribution in [0.5, 0.6) is 5.75 Å². The first-order chi connectivity index (χ1) is 11.0. The van der Waals surface area contributed by atoms with Gasteiger partial charge < -0.3 is 9.47 Å². The Bertz CT molecular complexity index is 565. The van der Waals surface area contributed by atoms with E-state index in [9.17, 15) is 35.9 Å². The van der Waals surface area contributed by atoms with Crippen LogP contribution >= 0.6 is 0 Å². The average molecular weight is 358 g/mol. The topological polar surface area (TPSA) is 52.6 Å². The van der Waals surface area contributed by atoms with Crippen molar-refractivity contribution in [1.29, 1.82) is 0 Å². The van der Waals surface area contributed by atoms with Gasteiger partial charge in [0.1, 0.15) is 5.75 Å². The minimum Gasteiger partial charge on any atom is -0.468 e. The molecule has 0 heterocycles. The molecule has 0 bridgehead atoms. The van der Waals surface area contributed by atoms with Crippen LogP contribution < -0.4 is 4.74 Å². The number of para-hydroxylation sites is 1. The zero-order valence-electron chi connectivity index (χ0n) is 12.2. The van der Waals surface area contributed by atoms with Gasteiger partial charge >= 0.3 is 24.3 Å². The maximum absolute atomic E-state index is 13.0. The monoisotopic (exact) mass is 358 g/mol. The van der Waals surface area contributed by atoms with Gasteiger partial charge in [-0.2, -0.15) is 26.3 Å². The SMILES string of the molecule is COC(=O)C(CCC(=O)Oc1ccccc1)(C(F)(F)F)C(F)(F)F. The molecular weight excluding hydrogens is 346 g/mol. The van der Waals surface area contributed by atoms with E-state index in [1.165, 1.54) is 24.3 Å². The van der Waals surface area contributed by atoms with Gasteiger partial charge in [-0.3, -0.25) is 9.59 Å². The summed E-state index contributed by atoms with van der Waals surface area (Å²) in [6, 6.07) is 7.05. The summed E-state index contributed by atoms with van der Waals surface area (Å²) in [6.45, 7) is 0. The lowest BCUT2D eigenvalue weighted by atomic mass is 9.81. The van der Waals surface area contributed by atoms with Crippen molar-refractivity contribution in [2.45, 2.75) is 25.2 Å². The largest absolute Gasteiger partial charge is 0.468 e. The molecule has 0 spiro atoms. The molecule has 0 radical (unpaired) electrons. The normalized spacial score (nSPS) is 12.6. The van der Waals surface area contributed by atoms with E-state index in [2.05, 4.69) is 9.47 Å². The molecule has 0 saturated heterocycles. The highest BCUT2D eigenvalue weighted by Crippen LogP contribution is 2.54. The van der Waals surface area contributed by atoms with Crippen LogP contribution in [0.1, 0.15) is 12.8 Å². The number of methoxy groups -OCH3 is 1. The summed E-state index contributed by atoms with van der Waals surface area (Å²) >= 11 is 0. The fourth-order valence-corrected chi connectivity index (χ4v) is 1.91. The van der Waals surface area contributed by atoms with E-state index in [1.54, 1.807) is 6.07 Å². The van der Waals surface area contributed by atoms with Gasteiger partial charge in [0.15, 0.2) is 0 Å². The minimum atomic E-state index is -5.99. The minimum absolute atomic E-state index is 0.0508. The predicted molar refractivity (Wildman–Crippen MR) is 67.9 cm³/mol. The maximum atomic E-state index is 13.0. The van der Waals surface area contributed by atoms with Crippen molar-refractivity contribution < 1.29 is 45.4 Å². The molecule has 0 fully saturated rings. The van der Waals surface area contributed by atoms with Crippen LogP contribution in [0.25, 0.3) is 0 Å². The fraction of sp³-hybridized carbons (Fsp3) is 0.429. The first-order valence-corrected chi connectivity index (χ1v) is 6.43. The van der Waals surface area contributed by atoms with Gasteiger partial charge in [-0.1, -0.05) is 18.2 Å². The zero-order valence-corrected chi connectivity index (χ0v) is 12.2. The van der Waals surface area contributed by atoms with Gasteiger partial charge in [0.05, 0.1) is 7.11 Å². The smallest absolute Gasteiger partial charge is 0.413 e. The first-order valence-electron chi connectivity index (χ1n) is 6.43. The van der Waals surface area contributed by atoms with E-state index in [-0.39, 0.29) is 5.75 Å². The summed E-state index contributed by atoms with van der Waals surface area (Å²) in [4.78, 5) is 22.8. The first kappa shape index (κ1) is 19.8. The highest BCUT2D eigenvalue weighted by atomic mass is 19.4. The van der Waals surface area contributed by atoms with Crippen molar-refractivity contribution >= 4 is 11.9 Å². The third kappa shape index (κ3) is 3.98. The second-order valence-electron chi connectivity index (χ2n) is 4.68. The lowest BCUT2D eigenvalue weighted by molar-refractivity contribution is -0.333. The molecule has 0 amide bonds. The molecule has 0 aliphatic heterocycles. The molecule has 0 atom stereocenters. The van der Waals surface area contributed by atoms with Crippen LogP contribution in [0, 0.1) is 5.41 Å². The summed E-state index contributed by atoms with van der Waals surface area (Å²) < 4.78 is 86.4. The van der Waals surface area contributed by atoms with E-state index in [0.717, 1.165) is 0 Å². The molecule has 24 heavy (non-hydrogen) atoms. The average Bonchev–Trinajstić information content (AvgIpc) is 2.45. The Morgan fingerprint density at radius 3 is 1.88 bits per heavy atom. The number of carbonyl (C=O) groups is 2. The molecule has 134 valence electrons. The number of halogens is 6. The van der Waals surface area contributed by atoms with Crippen LogP contribution in [0.15, 0.2) is 30.3 Å². The lowest BCUT2D eigenvalue weighted by Crippen LogP contribution is -2.56. The molecule has 1 aromatic carbocycles. The van der Waals surface area contributed by atoms with E-state index < -0.39 is 42.5 Å².